The second-order valence-corrected chi connectivity index (χ2v) is 6.51. The topological polar surface area (TPSA) is 61.4 Å². The van der Waals surface area contributed by atoms with Crippen LogP contribution >= 0.6 is 0 Å². The van der Waals surface area contributed by atoms with E-state index in [9.17, 15) is 9.59 Å². The van der Waals surface area contributed by atoms with Gasteiger partial charge in [-0.15, -0.1) is 0 Å². The molecule has 2 fully saturated rings. The van der Waals surface area contributed by atoms with Crippen molar-refractivity contribution >= 4 is 11.8 Å². The van der Waals surface area contributed by atoms with Crippen LogP contribution in [-0.2, 0) is 9.59 Å². The van der Waals surface area contributed by atoms with Gasteiger partial charge >= 0.3 is 0 Å². The highest BCUT2D eigenvalue weighted by Gasteiger charge is 2.30. The van der Waals surface area contributed by atoms with E-state index in [0.717, 1.165) is 45.2 Å². The van der Waals surface area contributed by atoms with Gasteiger partial charge < -0.3 is 15.5 Å². The minimum atomic E-state index is -0.0234. The summed E-state index contributed by atoms with van der Waals surface area (Å²) >= 11 is 0. The van der Waals surface area contributed by atoms with Crippen molar-refractivity contribution in [3.05, 3.63) is 0 Å². The van der Waals surface area contributed by atoms with E-state index in [0.29, 0.717) is 19.0 Å². The molecule has 2 amide bonds. The Labute approximate surface area is 127 Å². The molecule has 0 aromatic heterocycles. The number of carbonyl (C=O) groups excluding carboxylic acids is 2. The van der Waals surface area contributed by atoms with Gasteiger partial charge in [0.2, 0.25) is 11.8 Å². The van der Waals surface area contributed by atoms with Gasteiger partial charge in [0, 0.05) is 31.6 Å². The second-order valence-electron chi connectivity index (χ2n) is 6.51. The lowest BCUT2D eigenvalue weighted by Crippen LogP contribution is -2.51. The van der Waals surface area contributed by atoms with Crippen LogP contribution in [-0.4, -0.2) is 48.4 Å². The molecule has 0 saturated carbocycles. The van der Waals surface area contributed by atoms with Crippen molar-refractivity contribution in [2.45, 2.75) is 64.5 Å². The Bertz CT molecular complexity index is 373. The van der Waals surface area contributed by atoms with Crippen molar-refractivity contribution in [3.63, 3.8) is 0 Å². The fraction of sp³-hybridized carbons (Fsp3) is 0.875. The number of carbonyl (C=O) groups is 2. The molecule has 2 aliphatic heterocycles. The van der Waals surface area contributed by atoms with E-state index in [1.54, 1.807) is 0 Å². The van der Waals surface area contributed by atoms with Crippen molar-refractivity contribution in [2.75, 3.05) is 19.6 Å². The van der Waals surface area contributed by atoms with Gasteiger partial charge in [-0.1, -0.05) is 6.92 Å². The van der Waals surface area contributed by atoms with Gasteiger partial charge in [0.25, 0.3) is 0 Å². The predicted octanol–water partition coefficient (Wildman–Crippen LogP) is 1.28. The van der Waals surface area contributed by atoms with Crippen molar-refractivity contribution in [2.24, 2.45) is 5.92 Å². The monoisotopic (exact) mass is 295 g/mol. The van der Waals surface area contributed by atoms with Crippen LogP contribution in [0.15, 0.2) is 0 Å². The molecule has 21 heavy (non-hydrogen) atoms. The summed E-state index contributed by atoms with van der Waals surface area (Å²) < 4.78 is 0. The molecule has 2 aliphatic rings. The molecule has 0 spiro atoms. The number of amides is 2. The molecule has 5 heteroatoms. The zero-order valence-corrected chi connectivity index (χ0v) is 13.4. The molecule has 3 unspecified atom stereocenters. The Morgan fingerprint density at radius 3 is 2.86 bits per heavy atom. The number of nitrogens with one attached hydrogen (secondary N) is 2. The van der Waals surface area contributed by atoms with Crippen molar-refractivity contribution in [1.82, 2.24) is 15.5 Å². The number of rotatable bonds is 4. The quantitative estimate of drug-likeness (QED) is 0.821. The van der Waals surface area contributed by atoms with Gasteiger partial charge in [-0.2, -0.15) is 0 Å². The summed E-state index contributed by atoms with van der Waals surface area (Å²) in [5.41, 5.74) is 0. The molecular formula is C16H29N3O2. The molecule has 0 aliphatic carbocycles. The number of likely N-dealkylation sites (tertiary alicyclic amines) is 1. The molecule has 2 heterocycles. The predicted molar refractivity (Wildman–Crippen MR) is 82.8 cm³/mol. The lowest BCUT2D eigenvalue weighted by molar-refractivity contribution is -0.136. The van der Waals surface area contributed by atoms with Crippen molar-refractivity contribution < 1.29 is 9.59 Å². The first-order valence-corrected chi connectivity index (χ1v) is 8.41. The van der Waals surface area contributed by atoms with E-state index in [4.69, 9.17) is 0 Å². The van der Waals surface area contributed by atoms with Crippen LogP contribution in [0.4, 0.5) is 0 Å². The molecule has 3 atom stereocenters. The van der Waals surface area contributed by atoms with Crippen LogP contribution in [0.2, 0.25) is 0 Å². The summed E-state index contributed by atoms with van der Waals surface area (Å²) in [6, 6.07) is 0.758. The van der Waals surface area contributed by atoms with Crippen LogP contribution in [0.1, 0.15) is 52.4 Å². The maximum Gasteiger partial charge on any atom is 0.225 e. The smallest absolute Gasteiger partial charge is 0.225 e. The summed E-state index contributed by atoms with van der Waals surface area (Å²) in [4.78, 5) is 26.3. The third kappa shape index (κ3) is 4.70. The van der Waals surface area contributed by atoms with E-state index in [1.165, 1.54) is 0 Å². The molecule has 120 valence electrons. The molecule has 5 nitrogen and oxygen atoms in total. The largest absolute Gasteiger partial charge is 0.353 e. The van der Waals surface area contributed by atoms with E-state index >= 15 is 0 Å². The maximum atomic E-state index is 12.4. The summed E-state index contributed by atoms with van der Waals surface area (Å²) in [6.45, 7) is 6.56. The zero-order valence-electron chi connectivity index (χ0n) is 13.4. The average molecular weight is 295 g/mol. The van der Waals surface area contributed by atoms with Gasteiger partial charge in [0.15, 0.2) is 0 Å². The Morgan fingerprint density at radius 1 is 1.33 bits per heavy atom. The summed E-state index contributed by atoms with van der Waals surface area (Å²) in [5.74, 6) is 0.318. The van der Waals surface area contributed by atoms with Gasteiger partial charge in [-0.25, -0.2) is 0 Å². The molecular weight excluding hydrogens is 266 g/mol. The molecule has 2 rings (SSSR count). The van der Waals surface area contributed by atoms with E-state index in [2.05, 4.69) is 17.6 Å². The zero-order chi connectivity index (χ0) is 15.2. The second kappa shape index (κ2) is 7.78. The summed E-state index contributed by atoms with van der Waals surface area (Å²) in [6.07, 6.45) is 5.32. The molecule has 0 aromatic rings. The molecule has 2 N–H and O–H groups in total. The van der Waals surface area contributed by atoms with Gasteiger partial charge in [-0.05, 0) is 45.6 Å². The number of nitrogens with zero attached hydrogens (tertiary/aromatic N) is 1. The van der Waals surface area contributed by atoms with Crippen LogP contribution in [0.25, 0.3) is 0 Å². The first kappa shape index (κ1) is 16.3. The summed E-state index contributed by atoms with van der Waals surface area (Å²) in [5, 5.41) is 6.59. The molecule has 0 radical (unpaired) electrons. The van der Waals surface area contributed by atoms with Crippen LogP contribution in [0, 0.1) is 5.92 Å². The lowest BCUT2D eigenvalue weighted by Gasteiger charge is -2.34. The normalized spacial score (nSPS) is 30.0. The fourth-order valence-corrected chi connectivity index (χ4v) is 3.37. The first-order valence-electron chi connectivity index (χ1n) is 8.41. The lowest BCUT2D eigenvalue weighted by atomic mass is 9.94. The SMILES string of the molecule is CCCC(=O)N1CCCC(C(=O)NC2CCNC(C)C2)C1. The van der Waals surface area contributed by atoms with Gasteiger partial charge in [0.05, 0.1) is 5.92 Å². The van der Waals surface area contributed by atoms with Crippen LogP contribution in [0.3, 0.4) is 0 Å². The van der Waals surface area contributed by atoms with E-state index in [1.807, 2.05) is 11.8 Å². The van der Waals surface area contributed by atoms with Gasteiger partial charge in [-0.3, -0.25) is 9.59 Å². The highest BCUT2D eigenvalue weighted by Crippen LogP contribution is 2.19. The molecule has 0 aromatic carbocycles. The van der Waals surface area contributed by atoms with E-state index < -0.39 is 0 Å². The first-order chi connectivity index (χ1) is 10.1. The Morgan fingerprint density at radius 2 is 2.14 bits per heavy atom. The van der Waals surface area contributed by atoms with E-state index in [-0.39, 0.29) is 23.8 Å². The number of hydrogen-bond donors (Lipinski definition) is 2. The minimum Gasteiger partial charge on any atom is -0.353 e. The molecule has 0 bridgehead atoms. The Kier molecular flexibility index (Phi) is 6.03. The maximum absolute atomic E-state index is 12.4. The van der Waals surface area contributed by atoms with Crippen molar-refractivity contribution in [3.8, 4) is 0 Å². The van der Waals surface area contributed by atoms with Crippen LogP contribution < -0.4 is 10.6 Å². The number of hydrogen-bond acceptors (Lipinski definition) is 3. The Hall–Kier alpha value is -1.10. The average Bonchev–Trinajstić information content (AvgIpc) is 2.47. The minimum absolute atomic E-state index is 0.0234. The van der Waals surface area contributed by atoms with Crippen LogP contribution in [0.5, 0.6) is 0 Å². The summed E-state index contributed by atoms with van der Waals surface area (Å²) in [7, 11) is 0. The standard InChI is InChI=1S/C16H29N3O2/c1-3-5-15(20)19-9-4-6-13(11-19)16(21)18-14-7-8-17-12(2)10-14/h12-14,17H,3-11H2,1-2H3,(H,18,21). The highest BCUT2D eigenvalue weighted by molar-refractivity contribution is 5.81. The Balaban J connectivity index is 1.82. The van der Waals surface area contributed by atoms with Gasteiger partial charge in [0.1, 0.15) is 0 Å². The molecule has 2 saturated heterocycles. The van der Waals surface area contributed by atoms with Crippen molar-refractivity contribution in [1.29, 1.82) is 0 Å². The third-order valence-corrected chi connectivity index (χ3v) is 4.58. The number of piperidine rings is 2. The fourth-order valence-electron chi connectivity index (χ4n) is 3.37. The highest BCUT2D eigenvalue weighted by atomic mass is 16.2. The third-order valence-electron chi connectivity index (χ3n) is 4.58.